The Kier molecular flexibility index (Phi) is 3.94. The Hall–Kier alpha value is -2.62. The van der Waals surface area contributed by atoms with Crippen LogP contribution in [0.15, 0.2) is 18.2 Å². The lowest BCUT2D eigenvalue weighted by Gasteiger charge is -2.32. The lowest BCUT2D eigenvalue weighted by Crippen LogP contribution is -2.29. The number of anilines is 2. The number of aryl methyl sites for hydroxylation is 1. The van der Waals surface area contributed by atoms with Gasteiger partial charge in [-0.2, -0.15) is 0 Å². The lowest BCUT2D eigenvalue weighted by atomic mass is 9.78. The molecule has 0 aliphatic heterocycles. The summed E-state index contributed by atoms with van der Waals surface area (Å²) in [5.41, 5.74) is 6.69. The number of carbonyl (C=O) groups is 2. The van der Waals surface area contributed by atoms with Crippen LogP contribution in [-0.4, -0.2) is 39.8 Å². The summed E-state index contributed by atoms with van der Waals surface area (Å²) in [5, 5.41) is 0. The van der Waals surface area contributed by atoms with E-state index in [1.54, 1.807) is 6.07 Å². The van der Waals surface area contributed by atoms with E-state index in [0.717, 1.165) is 28.1 Å². The van der Waals surface area contributed by atoms with Crippen LogP contribution in [0.25, 0.3) is 0 Å². The smallest absolute Gasteiger partial charge is 0.196 e. The largest absolute Gasteiger partial charge is 0.377 e. The van der Waals surface area contributed by atoms with Crippen LogP contribution in [0, 0.1) is 20.8 Å². The quantitative estimate of drug-likeness (QED) is 0.718. The van der Waals surface area contributed by atoms with E-state index in [4.69, 9.17) is 0 Å². The minimum Gasteiger partial charge on any atom is -0.377 e. The molecule has 3 rings (SSSR count). The zero-order valence-corrected chi connectivity index (χ0v) is 15.9. The fourth-order valence-electron chi connectivity index (χ4n) is 3.95. The monoisotopic (exact) mass is 336 g/mol. The summed E-state index contributed by atoms with van der Waals surface area (Å²) >= 11 is 0. The third kappa shape index (κ3) is 2.28. The average molecular weight is 336 g/mol. The van der Waals surface area contributed by atoms with Gasteiger partial charge in [-0.1, -0.05) is 18.2 Å². The van der Waals surface area contributed by atoms with E-state index >= 15 is 0 Å². The second-order valence-electron chi connectivity index (χ2n) is 7.14. The first kappa shape index (κ1) is 17.2. The molecule has 0 aromatic heterocycles. The van der Waals surface area contributed by atoms with Gasteiger partial charge in [-0.15, -0.1) is 0 Å². The molecule has 25 heavy (non-hydrogen) atoms. The minimum atomic E-state index is -0.0665. The highest BCUT2D eigenvalue weighted by Crippen LogP contribution is 2.43. The second-order valence-corrected chi connectivity index (χ2v) is 7.14. The zero-order chi connectivity index (χ0) is 18.6. The normalized spacial score (nSPS) is 12.8. The molecule has 1 aliphatic carbocycles. The van der Waals surface area contributed by atoms with Crippen molar-refractivity contribution >= 4 is 22.9 Å². The summed E-state index contributed by atoms with van der Waals surface area (Å²) in [6, 6.07) is 5.49. The molecule has 2 aromatic rings. The van der Waals surface area contributed by atoms with Crippen molar-refractivity contribution in [2.45, 2.75) is 20.8 Å². The molecule has 4 heteroatoms. The van der Waals surface area contributed by atoms with Gasteiger partial charge in [-0.3, -0.25) is 9.59 Å². The number of fused-ring (bicyclic) bond motifs is 2. The highest BCUT2D eigenvalue weighted by molar-refractivity contribution is 6.32. The zero-order valence-electron chi connectivity index (χ0n) is 15.9. The van der Waals surface area contributed by atoms with E-state index in [1.165, 1.54) is 0 Å². The molecular weight excluding hydrogens is 312 g/mol. The molecular formula is C21H24N2O2. The molecule has 0 amide bonds. The topological polar surface area (TPSA) is 40.6 Å². The molecule has 4 nitrogen and oxygen atoms in total. The molecule has 0 spiro atoms. The van der Waals surface area contributed by atoms with Gasteiger partial charge in [0.25, 0.3) is 0 Å². The standard InChI is InChI=1S/C21H24N2O2/c1-11-9-8-10-14-15(11)21(25)17-16(20(14)24)18(22(4)5)12(2)13(3)19(17)23(6)7/h8-10H,1-7H3. The van der Waals surface area contributed by atoms with Gasteiger partial charge in [0.05, 0.1) is 22.5 Å². The molecule has 130 valence electrons. The summed E-state index contributed by atoms with van der Waals surface area (Å²) in [4.78, 5) is 30.7. The third-order valence-corrected chi connectivity index (χ3v) is 5.09. The molecule has 0 atom stereocenters. The van der Waals surface area contributed by atoms with Gasteiger partial charge in [-0.05, 0) is 37.5 Å². The Morgan fingerprint density at radius 2 is 1.16 bits per heavy atom. The van der Waals surface area contributed by atoms with Crippen LogP contribution in [0.3, 0.4) is 0 Å². The van der Waals surface area contributed by atoms with Gasteiger partial charge in [0.15, 0.2) is 11.6 Å². The van der Waals surface area contributed by atoms with Gasteiger partial charge in [0, 0.05) is 39.3 Å². The molecule has 0 bridgehead atoms. The van der Waals surface area contributed by atoms with Crippen molar-refractivity contribution in [3.63, 3.8) is 0 Å². The molecule has 0 saturated carbocycles. The van der Waals surface area contributed by atoms with Crippen LogP contribution < -0.4 is 9.80 Å². The van der Waals surface area contributed by atoms with Crippen molar-refractivity contribution in [3.05, 3.63) is 57.1 Å². The maximum Gasteiger partial charge on any atom is 0.196 e. The van der Waals surface area contributed by atoms with Crippen molar-refractivity contribution < 1.29 is 9.59 Å². The number of hydrogen-bond donors (Lipinski definition) is 0. The fraction of sp³-hybridized carbons (Fsp3) is 0.333. The first-order valence-corrected chi connectivity index (χ1v) is 8.39. The molecule has 0 heterocycles. The summed E-state index contributed by atoms with van der Waals surface area (Å²) in [6.07, 6.45) is 0. The number of benzene rings is 2. The SMILES string of the molecule is Cc1cccc2c1C(=O)c1c(c(N(C)C)c(C)c(C)c1N(C)C)C2=O. The number of rotatable bonds is 2. The van der Waals surface area contributed by atoms with Crippen LogP contribution in [0.1, 0.15) is 48.5 Å². The molecule has 0 radical (unpaired) electrons. The summed E-state index contributed by atoms with van der Waals surface area (Å²) in [5.74, 6) is -0.124. The van der Waals surface area contributed by atoms with E-state index in [1.807, 2.05) is 70.9 Å². The predicted molar refractivity (Wildman–Crippen MR) is 103 cm³/mol. The summed E-state index contributed by atoms with van der Waals surface area (Å²) in [6.45, 7) is 5.92. The first-order chi connectivity index (χ1) is 11.7. The third-order valence-electron chi connectivity index (χ3n) is 5.09. The molecule has 1 aliphatic rings. The van der Waals surface area contributed by atoms with Gasteiger partial charge in [0.2, 0.25) is 0 Å². The van der Waals surface area contributed by atoms with Gasteiger partial charge >= 0.3 is 0 Å². The van der Waals surface area contributed by atoms with Crippen LogP contribution in [0.4, 0.5) is 11.4 Å². The van der Waals surface area contributed by atoms with Gasteiger partial charge < -0.3 is 9.80 Å². The van der Waals surface area contributed by atoms with E-state index in [0.29, 0.717) is 22.3 Å². The lowest BCUT2D eigenvalue weighted by molar-refractivity contribution is 0.0979. The van der Waals surface area contributed by atoms with Crippen LogP contribution in [0.5, 0.6) is 0 Å². The average Bonchev–Trinajstić information content (AvgIpc) is 2.53. The second kappa shape index (κ2) is 5.73. The molecule has 0 fully saturated rings. The summed E-state index contributed by atoms with van der Waals surface area (Å²) in [7, 11) is 7.67. The Labute approximate surface area is 149 Å². The van der Waals surface area contributed by atoms with Crippen LogP contribution in [0.2, 0.25) is 0 Å². The number of hydrogen-bond acceptors (Lipinski definition) is 4. The Bertz CT molecular complexity index is 924. The van der Waals surface area contributed by atoms with E-state index < -0.39 is 0 Å². The summed E-state index contributed by atoms with van der Waals surface area (Å²) < 4.78 is 0. The van der Waals surface area contributed by atoms with Crippen molar-refractivity contribution in [2.75, 3.05) is 38.0 Å². The van der Waals surface area contributed by atoms with Crippen molar-refractivity contribution in [1.29, 1.82) is 0 Å². The van der Waals surface area contributed by atoms with E-state index in [-0.39, 0.29) is 11.6 Å². The Morgan fingerprint density at radius 3 is 1.64 bits per heavy atom. The highest BCUT2D eigenvalue weighted by atomic mass is 16.1. The van der Waals surface area contributed by atoms with Crippen molar-refractivity contribution in [3.8, 4) is 0 Å². The van der Waals surface area contributed by atoms with Gasteiger partial charge in [0.1, 0.15) is 0 Å². The number of carbonyl (C=O) groups excluding carboxylic acids is 2. The predicted octanol–water partition coefficient (Wildman–Crippen LogP) is 3.52. The molecule has 0 saturated heterocycles. The van der Waals surface area contributed by atoms with E-state index in [9.17, 15) is 9.59 Å². The van der Waals surface area contributed by atoms with Crippen molar-refractivity contribution in [2.24, 2.45) is 0 Å². The Balaban J connectivity index is 2.53. The van der Waals surface area contributed by atoms with Crippen molar-refractivity contribution in [1.82, 2.24) is 0 Å². The fourth-order valence-corrected chi connectivity index (χ4v) is 3.95. The Morgan fingerprint density at radius 1 is 0.680 bits per heavy atom. The highest BCUT2D eigenvalue weighted by Gasteiger charge is 2.37. The molecule has 0 unspecified atom stereocenters. The minimum absolute atomic E-state index is 0.0578. The first-order valence-electron chi connectivity index (χ1n) is 8.39. The number of nitrogens with zero attached hydrogens (tertiary/aromatic N) is 2. The van der Waals surface area contributed by atoms with Crippen LogP contribution >= 0.6 is 0 Å². The molecule has 0 N–H and O–H groups in total. The van der Waals surface area contributed by atoms with Gasteiger partial charge in [-0.25, -0.2) is 0 Å². The maximum atomic E-state index is 13.4. The molecule has 2 aromatic carbocycles. The number of ketones is 2. The van der Waals surface area contributed by atoms with Crippen LogP contribution in [-0.2, 0) is 0 Å². The maximum absolute atomic E-state index is 13.4. The van der Waals surface area contributed by atoms with E-state index in [2.05, 4.69) is 0 Å².